The zero-order chi connectivity index (χ0) is 10.0. The Labute approximate surface area is 93.7 Å². The number of benzene rings is 1. The Balaban J connectivity index is 3.24. The van der Waals surface area contributed by atoms with Crippen LogP contribution in [-0.4, -0.2) is 6.61 Å². The third-order valence-electron chi connectivity index (χ3n) is 1.55. The van der Waals surface area contributed by atoms with Gasteiger partial charge in [-0.3, -0.25) is 0 Å². The summed E-state index contributed by atoms with van der Waals surface area (Å²) in [6, 6.07) is 1.76. The lowest BCUT2D eigenvalue weighted by Gasteiger charge is -2.11. The Morgan fingerprint density at radius 3 is 2.46 bits per heavy atom. The van der Waals surface area contributed by atoms with Gasteiger partial charge < -0.3 is 16.2 Å². The normalized spacial score (nSPS) is 10.1. The van der Waals surface area contributed by atoms with Crippen molar-refractivity contribution < 1.29 is 4.74 Å². The number of nitrogen functional groups attached to an aromatic ring is 2. The quantitative estimate of drug-likeness (QED) is 0.826. The van der Waals surface area contributed by atoms with Crippen LogP contribution in [0.1, 0.15) is 6.92 Å². The first-order valence-corrected chi connectivity index (χ1v) is 5.32. The third kappa shape index (κ3) is 2.08. The summed E-state index contributed by atoms with van der Waals surface area (Å²) in [4.78, 5) is 0. The fraction of sp³-hybridized carbons (Fsp3) is 0.250. The predicted octanol–water partition coefficient (Wildman–Crippen LogP) is 2.77. The second kappa shape index (κ2) is 4.19. The minimum atomic E-state index is 0.530. The highest BCUT2D eigenvalue weighted by Gasteiger charge is 2.10. The average molecular weight is 310 g/mol. The van der Waals surface area contributed by atoms with E-state index < -0.39 is 0 Å². The van der Waals surface area contributed by atoms with Crippen LogP contribution in [0.25, 0.3) is 0 Å². The maximum atomic E-state index is 5.77. The van der Waals surface area contributed by atoms with E-state index in [1.54, 1.807) is 6.07 Å². The van der Waals surface area contributed by atoms with Crippen molar-refractivity contribution in [2.45, 2.75) is 6.92 Å². The molecule has 0 aliphatic rings. The van der Waals surface area contributed by atoms with Gasteiger partial charge in [0.15, 0.2) is 0 Å². The Morgan fingerprint density at radius 2 is 1.92 bits per heavy atom. The molecule has 4 N–H and O–H groups in total. The molecule has 1 aromatic rings. The molecule has 3 nitrogen and oxygen atoms in total. The van der Waals surface area contributed by atoms with E-state index in [2.05, 4.69) is 31.9 Å². The van der Waals surface area contributed by atoms with E-state index in [0.29, 0.717) is 28.2 Å². The number of rotatable bonds is 2. The average Bonchev–Trinajstić information content (AvgIpc) is 2.11. The van der Waals surface area contributed by atoms with Gasteiger partial charge in [0, 0.05) is 4.47 Å². The summed E-state index contributed by atoms with van der Waals surface area (Å²) in [7, 11) is 0. The second-order valence-electron chi connectivity index (χ2n) is 2.43. The zero-order valence-electron chi connectivity index (χ0n) is 7.10. The van der Waals surface area contributed by atoms with Crippen molar-refractivity contribution in [2.75, 3.05) is 18.1 Å². The molecule has 13 heavy (non-hydrogen) atoms. The summed E-state index contributed by atoms with van der Waals surface area (Å²) >= 11 is 6.60. The van der Waals surface area contributed by atoms with Crippen molar-refractivity contribution in [3.05, 3.63) is 15.0 Å². The van der Waals surface area contributed by atoms with E-state index in [4.69, 9.17) is 16.2 Å². The van der Waals surface area contributed by atoms with Crippen molar-refractivity contribution in [1.82, 2.24) is 0 Å². The van der Waals surface area contributed by atoms with E-state index >= 15 is 0 Å². The van der Waals surface area contributed by atoms with Gasteiger partial charge in [0.05, 0.1) is 22.5 Å². The number of halogens is 2. The molecule has 1 aromatic carbocycles. The standard InChI is InChI=1S/C8H10Br2N2O/c1-2-13-5-3-4(9)7(11)6(10)8(5)12/h3H,2,11-12H2,1H3. The Hall–Kier alpha value is -0.420. The number of hydrogen-bond donors (Lipinski definition) is 2. The molecule has 0 unspecified atom stereocenters. The van der Waals surface area contributed by atoms with Crippen molar-refractivity contribution in [2.24, 2.45) is 0 Å². The summed E-state index contributed by atoms with van der Waals surface area (Å²) in [5.41, 5.74) is 12.6. The lowest BCUT2D eigenvalue weighted by molar-refractivity contribution is 0.342. The van der Waals surface area contributed by atoms with Crippen molar-refractivity contribution in [3.8, 4) is 5.75 Å². The minimum Gasteiger partial charge on any atom is -0.492 e. The topological polar surface area (TPSA) is 61.3 Å². The SMILES string of the molecule is CCOc1cc(Br)c(N)c(Br)c1N. The van der Waals surface area contributed by atoms with Crippen LogP contribution < -0.4 is 16.2 Å². The lowest BCUT2D eigenvalue weighted by atomic mass is 10.2. The van der Waals surface area contributed by atoms with Crippen LogP contribution in [-0.2, 0) is 0 Å². The van der Waals surface area contributed by atoms with Gasteiger partial charge in [-0.1, -0.05) is 0 Å². The van der Waals surface area contributed by atoms with Gasteiger partial charge in [-0.05, 0) is 44.8 Å². The molecule has 0 spiro atoms. The number of hydrogen-bond acceptors (Lipinski definition) is 3. The molecule has 72 valence electrons. The molecular weight excluding hydrogens is 300 g/mol. The molecule has 0 aromatic heterocycles. The van der Waals surface area contributed by atoms with Crippen LogP contribution in [0, 0.1) is 0 Å². The summed E-state index contributed by atoms with van der Waals surface area (Å²) < 4.78 is 6.76. The summed E-state index contributed by atoms with van der Waals surface area (Å²) in [5, 5.41) is 0. The number of ether oxygens (including phenoxy) is 1. The van der Waals surface area contributed by atoms with Crippen LogP contribution in [0.15, 0.2) is 15.0 Å². The molecule has 0 amide bonds. The third-order valence-corrected chi connectivity index (χ3v) is 3.06. The van der Waals surface area contributed by atoms with Gasteiger partial charge in [-0.2, -0.15) is 0 Å². The van der Waals surface area contributed by atoms with Gasteiger partial charge in [0.1, 0.15) is 5.75 Å². The van der Waals surface area contributed by atoms with Crippen LogP contribution in [0.3, 0.4) is 0 Å². The van der Waals surface area contributed by atoms with Crippen LogP contribution in [0.5, 0.6) is 5.75 Å². The molecule has 0 saturated carbocycles. The monoisotopic (exact) mass is 308 g/mol. The van der Waals surface area contributed by atoms with Crippen molar-refractivity contribution >= 4 is 43.2 Å². The molecule has 0 aliphatic carbocycles. The molecule has 0 bridgehead atoms. The molecule has 0 saturated heterocycles. The summed E-state index contributed by atoms with van der Waals surface area (Å²) in [5.74, 6) is 0.635. The van der Waals surface area contributed by atoms with Crippen LogP contribution in [0.4, 0.5) is 11.4 Å². The fourth-order valence-corrected chi connectivity index (χ4v) is 1.98. The Kier molecular flexibility index (Phi) is 3.44. The first-order valence-electron chi connectivity index (χ1n) is 3.73. The highest BCUT2D eigenvalue weighted by atomic mass is 79.9. The van der Waals surface area contributed by atoms with E-state index in [9.17, 15) is 0 Å². The van der Waals surface area contributed by atoms with E-state index in [1.807, 2.05) is 6.92 Å². The van der Waals surface area contributed by atoms with Gasteiger partial charge >= 0.3 is 0 Å². The van der Waals surface area contributed by atoms with E-state index in [1.165, 1.54) is 0 Å². The van der Waals surface area contributed by atoms with E-state index in [-0.39, 0.29) is 0 Å². The Morgan fingerprint density at radius 1 is 1.31 bits per heavy atom. The van der Waals surface area contributed by atoms with Gasteiger partial charge in [-0.25, -0.2) is 0 Å². The maximum Gasteiger partial charge on any atom is 0.144 e. The molecule has 1 rings (SSSR count). The van der Waals surface area contributed by atoms with Crippen LogP contribution >= 0.6 is 31.9 Å². The fourth-order valence-electron chi connectivity index (χ4n) is 0.904. The highest BCUT2D eigenvalue weighted by molar-refractivity contribution is 9.11. The Bertz CT molecular complexity index is 328. The van der Waals surface area contributed by atoms with Crippen molar-refractivity contribution in [1.29, 1.82) is 0 Å². The first-order chi connectivity index (χ1) is 6.07. The number of anilines is 2. The second-order valence-corrected chi connectivity index (χ2v) is 4.08. The zero-order valence-corrected chi connectivity index (χ0v) is 10.3. The molecule has 0 fully saturated rings. The predicted molar refractivity (Wildman–Crippen MR) is 61.8 cm³/mol. The molecular formula is C8H10Br2N2O. The number of nitrogens with two attached hydrogens (primary N) is 2. The lowest BCUT2D eigenvalue weighted by Crippen LogP contribution is -2.00. The molecule has 0 aliphatic heterocycles. The maximum absolute atomic E-state index is 5.77. The van der Waals surface area contributed by atoms with Gasteiger partial charge in [-0.15, -0.1) is 0 Å². The van der Waals surface area contributed by atoms with Crippen molar-refractivity contribution in [3.63, 3.8) is 0 Å². The minimum absolute atomic E-state index is 0.530. The highest BCUT2D eigenvalue weighted by Crippen LogP contribution is 2.39. The smallest absolute Gasteiger partial charge is 0.144 e. The van der Waals surface area contributed by atoms with E-state index in [0.717, 1.165) is 4.47 Å². The van der Waals surface area contributed by atoms with Gasteiger partial charge in [0.2, 0.25) is 0 Å². The molecule has 0 heterocycles. The molecule has 0 radical (unpaired) electrons. The molecule has 0 atom stereocenters. The summed E-state index contributed by atoms with van der Waals surface area (Å²) in [6.07, 6.45) is 0. The summed E-state index contributed by atoms with van der Waals surface area (Å²) in [6.45, 7) is 2.48. The first kappa shape index (κ1) is 10.7. The van der Waals surface area contributed by atoms with Gasteiger partial charge in [0.25, 0.3) is 0 Å². The van der Waals surface area contributed by atoms with Crippen LogP contribution in [0.2, 0.25) is 0 Å². The largest absolute Gasteiger partial charge is 0.492 e. The molecule has 5 heteroatoms.